The number of nitrogens with zero attached hydrogens (tertiary/aromatic N) is 1. The first kappa shape index (κ1) is 22.1. The lowest BCUT2D eigenvalue weighted by molar-refractivity contribution is -0.119. The van der Waals surface area contributed by atoms with Gasteiger partial charge in [0.2, 0.25) is 5.91 Å². The quantitative estimate of drug-likeness (QED) is 0.507. The van der Waals surface area contributed by atoms with Crippen molar-refractivity contribution in [2.45, 2.75) is 26.3 Å². The van der Waals surface area contributed by atoms with Crippen molar-refractivity contribution >= 4 is 46.6 Å². The summed E-state index contributed by atoms with van der Waals surface area (Å²) >= 11 is 12.1. The molecule has 3 aromatic rings. The molecular formula is C25H20Cl2N2O3. The Kier molecular flexibility index (Phi) is 6.04. The average Bonchev–Trinajstić information content (AvgIpc) is 2.99. The molecule has 5 nitrogen and oxygen atoms in total. The van der Waals surface area contributed by atoms with Crippen LogP contribution in [-0.4, -0.2) is 28.7 Å². The van der Waals surface area contributed by atoms with Gasteiger partial charge in [0.15, 0.2) is 0 Å². The largest absolute Gasteiger partial charge is 0.324 e. The van der Waals surface area contributed by atoms with E-state index in [1.54, 1.807) is 0 Å². The van der Waals surface area contributed by atoms with Crippen LogP contribution < -0.4 is 5.32 Å². The fourth-order valence-electron chi connectivity index (χ4n) is 3.76. The Morgan fingerprint density at radius 1 is 0.906 bits per heavy atom. The van der Waals surface area contributed by atoms with E-state index in [0.29, 0.717) is 5.69 Å². The van der Waals surface area contributed by atoms with Gasteiger partial charge in [-0.25, -0.2) is 0 Å². The van der Waals surface area contributed by atoms with E-state index < -0.39 is 23.8 Å². The second-order valence-corrected chi connectivity index (χ2v) is 8.62. The van der Waals surface area contributed by atoms with Gasteiger partial charge in [0.25, 0.3) is 11.8 Å². The summed E-state index contributed by atoms with van der Waals surface area (Å²) in [5, 5.41) is 3.25. The molecule has 0 fully saturated rings. The Bertz CT molecular complexity index is 1200. The molecule has 3 amide bonds. The van der Waals surface area contributed by atoms with Crippen LogP contribution in [0.25, 0.3) is 0 Å². The standard InChI is InChI=1S/C25H20Cl2N2O3/c1-14-8-9-15(2)21(10-14)28-23(30)22(11-16-6-4-3-5-7-16)29-24(31)17-12-19(26)20(27)13-18(17)25(29)32/h3-10,12-13,22H,11H2,1-2H3,(H,28,30)/t22-/m1/s1. The minimum Gasteiger partial charge on any atom is -0.324 e. The lowest BCUT2D eigenvalue weighted by Crippen LogP contribution is -2.48. The summed E-state index contributed by atoms with van der Waals surface area (Å²) in [4.78, 5) is 40.8. The average molecular weight is 467 g/mol. The van der Waals surface area contributed by atoms with Crippen molar-refractivity contribution in [1.29, 1.82) is 0 Å². The Hall–Kier alpha value is -3.15. The monoisotopic (exact) mass is 466 g/mol. The fraction of sp³-hybridized carbons (Fsp3) is 0.160. The predicted octanol–water partition coefficient (Wildman–Crippen LogP) is 5.46. The SMILES string of the molecule is Cc1ccc(C)c(NC(=O)[C@@H](Cc2ccccc2)N2C(=O)c3cc(Cl)c(Cl)cc3C2=O)c1. The third kappa shape index (κ3) is 4.14. The van der Waals surface area contributed by atoms with Gasteiger partial charge in [-0.1, -0.05) is 65.7 Å². The van der Waals surface area contributed by atoms with Gasteiger partial charge in [-0.05, 0) is 48.7 Å². The Morgan fingerprint density at radius 2 is 1.50 bits per heavy atom. The predicted molar refractivity (Wildman–Crippen MR) is 125 cm³/mol. The highest BCUT2D eigenvalue weighted by molar-refractivity contribution is 6.43. The van der Waals surface area contributed by atoms with Gasteiger partial charge < -0.3 is 5.32 Å². The van der Waals surface area contributed by atoms with E-state index >= 15 is 0 Å². The number of amides is 3. The molecule has 0 bridgehead atoms. The molecule has 0 aromatic heterocycles. The van der Waals surface area contributed by atoms with Gasteiger partial charge in [-0.2, -0.15) is 0 Å². The third-order valence-electron chi connectivity index (χ3n) is 5.50. The molecule has 0 radical (unpaired) electrons. The van der Waals surface area contributed by atoms with Crippen LogP contribution in [0, 0.1) is 13.8 Å². The maximum absolute atomic E-state index is 13.4. The van der Waals surface area contributed by atoms with Crippen LogP contribution in [0.1, 0.15) is 37.4 Å². The van der Waals surface area contributed by atoms with Gasteiger partial charge in [0, 0.05) is 12.1 Å². The number of benzene rings is 3. The first-order valence-corrected chi connectivity index (χ1v) is 10.8. The molecule has 0 unspecified atom stereocenters. The summed E-state index contributed by atoms with van der Waals surface area (Å²) in [6.45, 7) is 3.81. The molecule has 7 heteroatoms. The van der Waals surface area contributed by atoms with Gasteiger partial charge in [-0.15, -0.1) is 0 Å². The summed E-state index contributed by atoms with van der Waals surface area (Å²) in [6, 6.07) is 16.7. The molecule has 4 rings (SSSR count). The second-order valence-electron chi connectivity index (χ2n) is 7.81. The van der Waals surface area contributed by atoms with E-state index in [2.05, 4.69) is 5.32 Å². The molecule has 0 saturated heterocycles. The normalized spacial score (nSPS) is 13.8. The topological polar surface area (TPSA) is 66.5 Å². The number of aryl methyl sites for hydroxylation is 2. The minimum absolute atomic E-state index is 0.141. The summed E-state index contributed by atoms with van der Waals surface area (Å²) < 4.78 is 0. The molecule has 0 aliphatic carbocycles. The maximum Gasteiger partial charge on any atom is 0.262 e. The van der Waals surface area contributed by atoms with Crippen molar-refractivity contribution in [2.24, 2.45) is 0 Å². The summed E-state index contributed by atoms with van der Waals surface area (Å²) in [6.07, 6.45) is 0.171. The van der Waals surface area contributed by atoms with Crippen molar-refractivity contribution in [1.82, 2.24) is 4.90 Å². The van der Waals surface area contributed by atoms with E-state index in [9.17, 15) is 14.4 Å². The zero-order valence-electron chi connectivity index (χ0n) is 17.5. The molecular weight excluding hydrogens is 447 g/mol. The molecule has 1 aliphatic rings. The number of carbonyl (C=O) groups is 3. The Morgan fingerprint density at radius 3 is 2.09 bits per heavy atom. The first-order valence-electron chi connectivity index (χ1n) is 10.0. The van der Waals surface area contributed by atoms with Crippen molar-refractivity contribution in [3.63, 3.8) is 0 Å². The highest BCUT2D eigenvalue weighted by Crippen LogP contribution is 2.33. The number of carbonyl (C=O) groups excluding carboxylic acids is 3. The summed E-state index contributed by atoms with van der Waals surface area (Å²) in [7, 11) is 0. The zero-order chi connectivity index (χ0) is 23.0. The van der Waals surface area contributed by atoms with Crippen molar-refractivity contribution in [2.75, 3.05) is 5.32 Å². The van der Waals surface area contributed by atoms with Crippen LogP contribution >= 0.6 is 23.2 Å². The highest BCUT2D eigenvalue weighted by atomic mass is 35.5. The van der Waals surface area contributed by atoms with Crippen LogP contribution in [0.2, 0.25) is 10.0 Å². The third-order valence-corrected chi connectivity index (χ3v) is 6.22. The number of nitrogens with one attached hydrogen (secondary N) is 1. The van der Waals surface area contributed by atoms with Crippen LogP contribution in [0.3, 0.4) is 0 Å². The van der Waals surface area contributed by atoms with Crippen molar-refractivity contribution in [3.8, 4) is 0 Å². The maximum atomic E-state index is 13.4. The van der Waals surface area contributed by atoms with E-state index in [1.807, 2.05) is 62.4 Å². The fourth-order valence-corrected chi connectivity index (χ4v) is 4.09. The van der Waals surface area contributed by atoms with Crippen molar-refractivity contribution < 1.29 is 14.4 Å². The molecule has 32 heavy (non-hydrogen) atoms. The molecule has 1 atom stereocenters. The lowest BCUT2D eigenvalue weighted by Gasteiger charge is -2.26. The summed E-state index contributed by atoms with van der Waals surface area (Å²) in [5.41, 5.74) is 3.60. The number of hydrogen-bond acceptors (Lipinski definition) is 3. The molecule has 0 saturated carbocycles. The van der Waals surface area contributed by atoms with Crippen LogP contribution in [-0.2, 0) is 11.2 Å². The molecule has 1 heterocycles. The molecule has 162 valence electrons. The Labute approximate surface area is 195 Å². The van der Waals surface area contributed by atoms with Gasteiger partial charge in [-0.3, -0.25) is 19.3 Å². The Balaban J connectivity index is 1.73. The van der Waals surface area contributed by atoms with Gasteiger partial charge in [0.05, 0.1) is 21.2 Å². The van der Waals surface area contributed by atoms with E-state index in [4.69, 9.17) is 23.2 Å². The zero-order valence-corrected chi connectivity index (χ0v) is 19.0. The van der Waals surface area contributed by atoms with Crippen LogP contribution in [0.5, 0.6) is 0 Å². The number of anilines is 1. The first-order chi connectivity index (χ1) is 15.3. The van der Waals surface area contributed by atoms with E-state index in [-0.39, 0.29) is 27.6 Å². The number of hydrogen-bond donors (Lipinski definition) is 1. The minimum atomic E-state index is -1.05. The molecule has 1 aliphatic heterocycles. The van der Waals surface area contributed by atoms with Gasteiger partial charge in [0.1, 0.15) is 6.04 Å². The molecule has 0 spiro atoms. The number of halogens is 2. The number of imide groups is 1. The lowest BCUT2D eigenvalue weighted by atomic mass is 10.0. The van der Waals surface area contributed by atoms with Crippen LogP contribution in [0.4, 0.5) is 5.69 Å². The molecule has 1 N–H and O–H groups in total. The highest BCUT2D eigenvalue weighted by Gasteiger charge is 2.43. The summed E-state index contributed by atoms with van der Waals surface area (Å²) in [5.74, 6) is -1.59. The smallest absolute Gasteiger partial charge is 0.262 e. The van der Waals surface area contributed by atoms with Crippen molar-refractivity contribution in [3.05, 3.63) is 98.5 Å². The van der Waals surface area contributed by atoms with Crippen LogP contribution in [0.15, 0.2) is 60.7 Å². The number of rotatable bonds is 5. The van der Waals surface area contributed by atoms with E-state index in [0.717, 1.165) is 21.6 Å². The second kappa shape index (κ2) is 8.77. The van der Waals surface area contributed by atoms with Gasteiger partial charge >= 0.3 is 0 Å². The number of fused-ring (bicyclic) bond motifs is 1. The molecule has 3 aromatic carbocycles. The van der Waals surface area contributed by atoms with E-state index in [1.165, 1.54) is 12.1 Å².